The van der Waals surface area contributed by atoms with Crippen LogP contribution in [-0.4, -0.2) is 116 Å². The van der Waals surface area contributed by atoms with Crippen LogP contribution in [0.15, 0.2) is 0 Å². The van der Waals surface area contributed by atoms with E-state index in [0.29, 0.717) is 38.8 Å². The summed E-state index contributed by atoms with van der Waals surface area (Å²) >= 11 is 0. The Morgan fingerprint density at radius 1 is 0.735 bits per heavy atom. The lowest BCUT2D eigenvalue weighted by molar-refractivity contribution is -0.139. The molecule has 0 spiro atoms. The first-order valence-corrected chi connectivity index (χ1v) is 10.1. The zero-order valence-corrected chi connectivity index (χ0v) is 18.8. The summed E-state index contributed by atoms with van der Waals surface area (Å²) < 4.78 is 0. The lowest BCUT2D eigenvalue weighted by atomic mass is 10.1. The number of guanidine groups is 2. The molecule has 0 rings (SSSR count). The number of aliphatic hydroxyl groups is 5. The summed E-state index contributed by atoms with van der Waals surface area (Å²) in [5, 5.41) is 78.0. The number of rotatable bonds is 14. The topological polar surface area (TPSA) is 352 Å². The van der Waals surface area contributed by atoms with Gasteiger partial charge in [0.25, 0.3) is 0 Å². The van der Waals surface area contributed by atoms with Crippen molar-refractivity contribution in [3.8, 4) is 0 Å². The normalized spacial score (nSPS) is 14.4. The summed E-state index contributed by atoms with van der Waals surface area (Å²) in [5.41, 5.74) is 20.4. The SMILES string of the molecule is N=C(N)NCCC[C@H](N)C(=O)O.N=C(N)NCCC[C@H](N)C(=O)O.OC[C@@H](O)[C@H](O)[C@@H](O)CO. The van der Waals surface area contributed by atoms with Gasteiger partial charge in [0, 0.05) is 13.1 Å². The number of hydrogen-bond donors (Lipinski definition) is 15. The van der Waals surface area contributed by atoms with E-state index in [1.165, 1.54) is 0 Å². The van der Waals surface area contributed by atoms with Crippen molar-refractivity contribution >= 4 is 23.9 Å². The van der Waals surface area contributed by atoms with E-state index in [9.17, 15) is 9.59 Å². The Kier molecular flexibility index (Phi) is 23.2. The second-order valence-electron chi connectivity index (χ2n) is 6.85. The molecule has 0 bridgehead atoms. The van der Waals surface area contributed by atoms with Crippen molar-refractivity contribution in [3.63, 3.8) is 0 Å². The summed E-state index contributed by atoms with van der Waals surface area (Å²) in [7, 11) is 0. The average molecular weight is 501 g/mol. The van der Waals surface area contributed by atoms with Crippen molar-refractivity contribution in [3.05, 3.63) is 0 Å². The predicted octanol–water partition coefficient (Wildman–Crippen LogP) is -5.62. The zero-order chi connectivity index (χ0) is 27.3. The van der Waals surface area contributed by atoms with Crippen molar-refractivity contribution < 1.29 is 45.3 Å². The zero-order valence-electron chi connectivity index (χ0n) is 18.8. The number of aliphatic carboxylic acids is 2. The number of hydrogen-bond acceptors (Lipinski definition) is 11. The first kappa shape index (κ1) is 35.8. The van der Waals surface area contributed by atoms with Crippen LogP contribution in [0.4, 0.5) is 0 Å². The molecule has 0 aliphatic rings. The first-order valence-electron chi connectivity index (χ1n) is 10.1. The van der Waals surface area contributed by atoms with Gasteiger partial charge in [0.1, 0.15) is 30.4 Å². The van der Waals surface area contributed by atoms with E-state index in [1.807, 2.05) is 0 Å². The van der Waals surface area contributed by atoms with E-state index < -0.39 is 55.5 Å². The Bertz CT molecular complexity index is 537. The highest BCUT2D eigenvalue weighted by Gasteiger charge is 2.22. The van der Waals surface area contributed by atoms with E-state index in [2.05, 4.69) is 10.6 Å². The van der Waals surface area contributed by atoms with Gasteiger partial charge in [-0.15, -0.1) is 0 Å². The number of nitrogens with one attached hydrogen (secondary N) is 4. The highest BCUT2D eigenvalue weighted by molar-refractivity contribution is 5.75. The molecule has 34 heavy (non-hydrogen) atoms. The van der Waals surface area contributed by atoms with Crippen LogP contribution < -0.4 is 33.6 Å². The summed E-state index contributed by atoms with van der Waals surface area (Å²) in [4.78, 5) is 20.4. The van der Waals surface area contributed by atoms with Gasteiger partial charge in [0.05, 0.1) is 13.2 Å². The molecule has 0 heterocycles. The van der Waals surface area contributed by atoms with Gasteiger partial charge in [-0.3, -0.25) is 20.4 Å². The summed E-state index contributed by atoms with van der Waals surface area (Å²) in [5.74, 6) is -2.23. The summed E-state index contributed by atoms with van der Waals surface area (Å²) in [6.07, 6.45) is -2.34. The minimum Gasteiger partial charge on any atom is -0.480 e. The second-order valence-corrected chi connectivity index (χ2v) is 6.85. The van der Waals surface area contributed by atoms with Crippen molar-refractivity contribution in [1.82, 2.24) is 10.6 Å². The molecule has 0 unspecified atom stereocenters. The number of carbonyl (C=O) groups is 2. The highest BCUT2D eigenvalue weighted by atomic mass is 16.4. The minimum absolute atomic E-state index is 0.112. The molecule has 0 aromatic carbocycles. The van der Waals surface area contributed by atoms with Crippen LogP contribution in [-0.2, 0) is 9.59 Å². The molecule has 0 amide bonds. The minimum atomic E-state index is -1.49. The lowest BCUT2D eigenvalue weighted by Crippen LogP contribution is -2.41. The Morgan fingerprint density at radius 2 is 1.03 bits per heavy atom. The standard InChI is InChI=1S/2C6H14N4O2.C5H12O5/c2*7-4(5(11)12)2-1-3-10-6(8)9;6-1-3(8)5(10)4(9)2-7/h2*4H,1-3,7H2,(H,11,12)(H4,8,9,10);3-10H,1-2H2/t2*4-;3-,4+,5+/m00./s1. The summed E-state index contributed by atoms with van der Waals surface area (Å²) in [6, 6.07) is -1.64. The number of nitrogens with two attached hydrogens (primary N) is 4. The Balaban J connectivity index is -0.000000426. The number of carboxylic acids is 2. The Morgan fingerprint density at radius 3 is 1.24 bits per heavy atom. The molecule has 0 fully saturated rings. The van der Waals surface area contributed by atoms with Gasteiger partial charge in [0.15, 0.2) is 11.9 Å². The largest absolute Gasteiger partial charge is 0.480 e. The predicted molar refractivity (Wildman–Crippen MR) is 122 cm³/mol. The summed E-state index contributed by atoms with van der Waals surface area (Å²) in [6.45, 7) is -0.316. The number of carboxylic acid groups (broad SMARTS) is 2. The molecule has 0 saturated heterocycles. The van der Waals surface area contributed by atoms with Crippen molar-refractivity contribution in [2.24, 2.45) is 22.9 Å². The van der Waals surface area contributed by atoms with Gasteiger partial charge in [-0.05, 0) is 25.7 Å². The van der Waals surface area contributed by atoms with Crippen LogP contribution in [0.5, 0.6) is 0 Å². The highest BCUT2D eigenvalue weighted by Crippen LogP contribution is 1.98. The molecule has 5 atom stereocenters. The fraction of sp³-hybridized carbons (Fsp3) is 0.765. The van der Waals surface area contributed by atoms with Gasteiger partial charge in [-0.25, -0.2) is 0 Å². The molecule has 0 aliphatic carbocycles. The smallest absolute Gasteiger partial charge is 0.320 e. The monoisotopic (exact) mass is 500 g/mol. The van der Waals surface area contributed by atoms with E-state index in [-0.39, 0.29) is 11.9 Å². The van der Waals surface area contributed by atoms with Gasteiger partial charge >= 0.3 is 11.9 Å². The van der Waals surface area contributed by atoms with Gasteiger partial charge in [-0.1, -0.05) is 0 Å². The van der Waals surface area contributed by atoms with Crippen LogP contribution in [0.2, 0.25) is 0 Å². The van der Waals surface area contributed by atoms with Gasteiger partial charge in [0.2, 0.25) is 0 Å². The van der Waals surface area contributed by atoms with Crippen molar-refractivity contribution in [2.75, 3.05) is 26.3 Å². The molecule has 17 heteroatoms. The van der Waals surface area contributed by atoms with E-state index in [0.717, 1.165) is 0 Å². The molecule has 17 nitrogen and oxygen atoms in total. The van der Waals surface area contributed by atoms with Crippen molar-refractivity contribution in [1.29, 1.82) is 10.8 Å². The molecular formula is C17H40N8O9. The molecule has 202 valence electrons. The fourth-order valence-electron chi connectivity index (χ4n) is 1.81. The number of aliphatic hydroxyl groups excluding tert-OH is 5. The third kappa shape index (κ3) is 23.9. The molecular weight excluding hydrogens is 460 g/mol. The molecule has 0 saturated carbocycles. The average Bonchev–Trinajstić information content (AvgIpc) is 2.77. The Labute approximate surface area is 196 Å². The van der Waals surface area contributed by atoms with Crippen LogP contribution in [0.3, 0.4) is 0 Å². The van der Waals surface area contributed by atoms with E-state index in [4.69, 9.17) is 69.5 Å². The van der Waals surface area contributed by atoms with Crippen LogP contribution >= 0.6 is 0 Å². The fourth-order valence-corrected chi connectivity index (χ4v) is 1.81. The molecule has 0 aliphatic heterocycles. The Hall–Kier alpha value is -2.80. The maximum Gasteiger partial charge on any atom is 0.320 e. The third-order valence-corrected chi connectivity index (χ3v) is 3.81. The molecule has 0 radical (unpaired) electrons. The van der Waals surface area contributed by atoms with Gasteiger partial charge < -0.3 is 69.3 Å². The molecule has 0 aromatic heterocycles. The lowest BCUT2D eigenvalue weighted by Gasteiger charge is -2.19. The van der Waals surface area contributed by atoms with E-state index in [1.54, 1.807) is 0 Å². The third-order valence-electron chi connectivity index (χ3n) is 3.81. The van der Waals surface area contributed by atoms with Crippen LogP contribution in [0.1, 0.15) is 25.7 Å². The van der Waals surface area contributed by atoms with Crippen LogP contribution in [0.25, 0.3) is 0 Å². The second kappa shape index (κ2) is 22.0. The van der Waals surface area contributed by atoms with Gasteiger partial charge in [-0.2, -0.15) is 0 Å². The maximum atomic E-state index is 10.2. The van der Waals surface area contributed by atoms with Crippen molar-refractivity contribution in [2.45, 2.75) is 56.1 Å². The maximum absolute atomic E-state index is 10.2. The quantitative estimate of drug-likeness (QED) is 0.0600. The van der Waals surface area contributed by atoms with Crippen LogP contribution in [0, 0.1) is 10.8 Å². The first-order chi connectivity index (χ1) is 15.7. The van der Waals surface area contributed by atoms with E-state index >= 15 is 0 Å². The molecule has 0 aromatic rings. The molecule has 19 N–H and O–H groups in total.